The van der Waals surface area contributed by atoms with Crippen LogP contribution in [0, 0.1) is 0 Å². The summed E-state index contributed by atoms with van der Waals surface area (Å²) in [5.74, 6) is 3.77. The Morgan fingerprint density at radius 1 is 0.207 bits per heavy atom. The van der Waals surface area contributed by atoms with Crippen molar-refractivity contribution in [3.63, 3.8) is 0 Å². The van der Waals surface area contributed by atoms with E-state index in [4.69, 9.17) is 61.1 Å². The Morgan fingerprint density at radius 2 is 0.379 bits per heavy atom. The lowest BCUT2D eigenvalue weighted by atomic mass is 9.75. The molecule has 0 fully saturated rings. The molecule has 14 nitrogen and oxygen atoms in total. The molecule has 0 aliphatic heterocycles. The molecule has 18 heteroatoms. The van der Waals surface area contributed by atoms with Gasteiger partial charge in [0.25, 0.3) is 0 Å². The van der Waals surface area contributed by atoms with Crippen LogP contribution in [0.5, 0.6) is 34.5 Å². The normalized spacial score (nSPS) is 12.3. The molecule has 0 spiro atoms. The van der Waals surface area contributed by atoms with Crippen LogP contribution in [0.2, 0.25) is 0 Å². The minimum absolute atomic E-state index is 0.202. The number of benzene rings is 12. The SMILES string of the molecule is CC(C)(C)c1cc(-c2cc(C(C)(C)C)cc(C(C)(C)C)c2Op2oc3ccccc3c3ccccc3o2)c(Op2oc3ccccc3c3ccccc3o2)c(C(C)(C)C)c1.COc1cc(-c2cc(OC)cc(C(C)(C)C)c2Op2oc3ccccc3c3ccccc3o2)c(Op2oc3ccccc3c3ccccc3o2)c(C(C)(C)C)c1. The molecule has 0 radical (unpaired) electrons. The molecule has 0 amide bonds. The molecule has 16 aromatic rings. The van der Waals surface area contributed by atoms with Crippen LogP contribution in [-0.2, 0) is 32.5 Å². The highest BCUT2D eigenvalue weighted by Crippen LogP contribution is 2.57. The summed E-state index contributed by atoms with van der Waals surface area (Å²) in [6, 6.07) is 80.9. The van der Waals surface area contributed by atoms with E-state index in [9.17, 15) is 0 Å². The molecule has 596 valence electrons. The second kappa shape index (κ2) is 31.6. The average Bonchev–Trinajstić information content (AvgIpc) is 0.862. The molecule has 0 saturated carbocycles. The molecular weight excluding hydrogens is 1520 g/mol. The van der Waals surface area contributed by atoms with Crippen LogP contribution in [0.4, 0.5) is 0 Å². The van der Waals surface area contributed by atoms with Crippen LogP contribution in [-0.4, -0.2) is 14.2 Å². The maximum Gasteiger partial charge on any atom is 0.453 e. The fourth-order valence-electron chi connectivity index (χ4n) is 14.3. The molecule has 4 heterocycles. The number of methoxy groups -OCH3 is 2. The van der Waals surface area contributed by atoms with Gasteiger partial charge < -0.3 is 61.1 Å². The van der Waals surface area contributed by atoms with Gasteiger partial charge in [0, 0.05) is 87.6 Å². The molecule has 12 aromatic carbocycles. The van der Waals surface area contributed by atoms with Crippen LogP contribution in [0.25, 0.3) is 110 Å². The summed E-state index contributed by atoms with van der Waals surface area (Å²) in [7, 11) is -4.69. The molecule has 0 N–H and O–H groups in total. The first-order valence-electron chi connectivity index (χ1n) is 39.1. The zero-order chi connectivity index (χ0) is 82.0. The predicted molar refractivity (Wildman–Crippen MR) is 478 cm³/mol. The van der Waals surface area contributed by atoms with E-state index in [0.29, 0.717) is 90.3 Å². The quantitative estimate of drug-likeness (QED) is 0.114. The average molecular weight is 1630 g/mol. The van der Waals surface area contributed by atoms with E-state index in [2.05, 4.69) is 173 Å². The van der Waals surface area contributed by atoms with Gasteiger partial charge in [0.05, 0.1) is 14.2 Å². The van der Waals surface area contributed by atoms with Crippen LogP contribution < -0.4 is 27.6 Å². The number of para-hydroxylation sites is 8. The van der Waals surface area contributed by atoms with Crippen molar-refractivity contribution in [2.75, 3.05) is 14.2 Å². The van der Waals surface area contributed by atoms with Gasteiger partial charge in [-0.15, -0.1) is 0 Å². The Balaban J connectivity index is 0.000000183. The van der Waals surface area contributed by atoms with Crippen molar-refractivity contribution in [3.05, 3.63) is 276 Å². The maximum atomic E-state index is 7.28. The van der Waals surface area contributed by atoms with Crippen LogP contribution >= 0.6 is 33.0 Å². The number of hydrogen-bond acceptors (Lipinski definition) is 14. The van der Waals surface area contributed by atoms with E-state index >= 15 is 0 Å². The second-order valence-electron chi connectivity index (χ2n) is 35.4. The lowest BCUT2D eigenvalue weighted by molar-refractivity contribution is 0.409. The van der Waals surface area contributed by atoms with E-state index in [-0.39, 0.29) is 21.7 Å². The van der Waals surface area contributed by atoms with Crippen molar-refractivity contribution in [1.29, 1.82) is 0 Å². The summed E-state index contributed by atoms with van der Waals surface area (Å²) in [4.78, 5) is 0. The van der Waals surface area contributed by atoms with Crippen molar-refractivity contribution >= 4 is 121 Å². The third-order valence-electron chi connectivity index (χ3n) is 20.6. The van der Waals surface area contributed by atoms with Gasteiger partial charge in [0.15, 0.2) is 0 Å². The Bertz CT molecular complexity index is 5970. The van der Waals surface area contributed by atoms with Gasteiger partial charge in [-0.05, 0) is 129 Å². The molecule has 0 atom stereocenters. The van der Waals surface area contributed by atoms with Crippen LogP contribution in [0.1, 0.15) is 158 Å². The first-order valence-corrected chi connectivity index (χ1v) is 43.5. The summed E-state index contributed by atoms with van der Waals surface area (Å²) in [6.07, 6.45) is 0. The Labute approximate surface area is 681 Å². The molecule has 0 unspecified atom stereocenters. The largest absolute Gasteiger partial charge is 0.497 e. The molecule has 16 rings (SSSR count). The van der Waals surface area contributed by atoms with Crippen molar-refractivity contribution < 1.29 is 61.1 Å². The molecule has 0 bridgehead atoms. The lowest BCUT2D eigenvalue weighted by Gasteiger charge is -2.31. The zero-order valence-corrected chi connectivity index (χ0v) is 73.2. The molecule has 4 aromatic heterocycles. The topological polar surface area (TPSA) is 160 Å². The second-order valence-corrected chi connectivity index (χ2v) is 39.3. The van der Waals surface area contributed by atoms with Gasteiger partial charge >= 0.3 is 33.0 Å². The minimum atomic E-state index is -2.02. The van der Waals surface area contributed by atoms with Crippen molar-refractivity contribution in [2.24, 2.45) is 0 Å². The molecular formula is C98H100O14P4. The minimum Gasteiger partial charge on any atom is -0.497 e. The predicted octanol–water partition coefficient (Wildman–Crippen LogP) is 32.3. The summed E-state index contributed by atoms with van der Waals surface area (Å²) >= 11 is 0. The van der Waals surface area contributed by atoms with Crippen LogP contribution in [0.15, 0.2) is 276 Å². The van der Waals surface area contributed by atoms with E-state index in [1.165, 1.54) is 11.1 Å². The highest BCUT2D eigenvalue weighted by molar-refractivity contribution is 7.33. The van der Waals surface area contributed by atoms with Crippen LogP contribution in [0.3, 0.4) is 0 Å². The summed E-state index contributed by atoms with van der Waals surface area (Å²) in [5.41, 5.74) is 12.9. The Hall–Kier alpha value is -11.0. The summed E-state index contributed by atoms with van der Waals surface area (Å²) in [6.45, 7) is 39.7. The van der Waals surface area contributed by atoms with Gasteiger partial charge in [-0.3, -0.25) is 0 Å². The highest BCUT2D eigenvalue weighted by Gasteiger charge is 2.36. The van der Waals surface area contributed by atoms with Gasteiger partial charge in [-0.1, -0.05) is 282 Å². The molecule has 0 aliphatic rings. The van der Waals surface area contributed by atoms with Crippen molar-refractivity contribution in [2.45, 2.75) is 157 Å². The van der Waals surface area contributed by atoms with Gasteiger partial charge in [0.1, 0.15) is 79.2 Å². The molecule has 116 heavy (non-hydrogen) atoms. The van der Waals surface area contributed by atoms with Gasteiger partial charge in [-0.25, -0.2) is 0 Å². The number of ether oxygens (including phenoxy) is 2. The summed E-state index contributed by atoms with van der Waals surface area (Å²) in [5, 5.41) is 7.53. The zero-order valence-electron chi connectivity index (χ0n) is 69.6. The number of fused-ring (bicyclic) bond motifs is 12. The summed E-state index contributed by atoms with van der Waals surface area (Å²) < 4.78 is 94.0. The highest BCUT2D eigenvalue weighted by atomic mass is 31.1. The first kappa shape index (κ1) is 80.2. The lowest BCUT2D eigenvalue weighted by Crippen LogP contribution is -2.19. The van der Waals surface area contributed by atoms with E-state index in [1.54, 1.807) is 14.2 Å². The third kappa shape index (κ3) is 16.8. The van der Waals surface area contributed by atoms with E-state index in [0.717, 1.165) is 76.5 Å². The molecule has 0 aliphatic carbocycles. The molecule has 0 saturated heterocycles. The van der Waals surface area contributed by atoms with Crippen molar-refractivity contribution in [3.8, 4) is 56.8 Å². The monoisotopic (exact) mass is 1620 g/mol. The Kier molecular flexibility index (Phi) is 21.8. The first-order chi connectivity index (χ1) is 55.2. The standard InChI is InChI=1S/C52H56O6P2.C46H44O8P2/c1-49(2,3)33-29-39(47(41(31-33)51(7,8)9)57-59-53-43-25-17-13-21-35(43)36-22-14-18-26-44(36)54-59)40-30-34(50(4,5)6)32-42(52(10,11)12)48(40)58-60-55-45-27-19-15-23-37(45)38-24-16-20-28-46(38)56-60;1-45(2,3)37-27-29(47-7)25-35(43(37)53-55-49-39-21-13-9-17-31(39)32-18-10-14-22-40(32)50-55)36-26-30(48-8)28-38(46(4,5)6)44(36)54-56-51-41-23-15-11-19-33(41)34-20-12-16-24-42(34)52-56/h13-32H,1-12H3;9-28H,1-8H3. The fourth-order valence-corrected chi connectivity index (χ4v) is 18.7. The van der Waals surface area contributed by atoms with E-state index in [1.807, 2.05) is 194 Å². The maximum absolute atomic E-state index is 7.28. The van der Waals surface area contributed by atoms with Gasteiger partial charge in [-0.2, -0.15) is 0 Å². The smallest absolute Gasteiger partial charge is 0.453 e. The number of hydrogen-bond donors (Lipinski definition) is 0. The Morgan fingerprint density at radius 3 is 0.552 bits per heavy atom. The van der Waals surface area contributed by atoms with Crippen molar-refractivity contribution in [1.82, 2.24) is 0 Å². The van der Waals surface area contributed by atoms with Gasteiger partial charge in [0.2, 0.25) is 0 Å². The van der Waals surface area contributed by atoms with E-state index < -0.39 is 43.8 Å². The number of rotatable bonds is 12. The fraction of sp³-hybridized carbons (Fsp3) is 0.265. The third-order valence-corrected chi connectivity index (χ3v) is 24.7.